The summed E-state index contributed by atoms with van der Waals surface area (Å²) in [5.74, 6) is -0.840. The predicted octanol–water partition coefficient (Wildman–Crippen LogP) is 0.129. The second kappa shape index (κ2) is 5.11. The Hall–Kier alpha value is -0.610. The van der Waals surface area contributed by atoms with Gasteiger partial charge >= 0.3 is 5.97 Å². The number of hydrogen-bond donors (Lipinski definition) is 2. The second-order valence-electron chi connectivity index (χ2n) is 3.01. The van der Waals surface area contributed by atoms with Gasteiger partial charge < -0.3 is 10.8 Å². The van der Waals surface area contributed by atoms with Crippen molar-refractivity contribution in [3.63, 3.8) is 0 Å². The average Bonchev–Trinajstić information content (AvgIpc) is 1.98. The third kappa shape index (κ3) is 2.79. The molecule has 0 aliphatic rings. The van der Waals surface area contributed by atoms with Crippen molar-refractivity contribution in [3.8, 4) is 0 Å². The molecule has 72 valence electrons. The summed E-state index contributed by atoms with van der Waals surface area (Å²) in [4.78, 5) is 12.6. The number of nitrogens with zero attached hydrogens (tertiary/aromatic N) is 1. The molecular weight excluding hydrogens is 156 g/mol. The Bertz CT molecular complexity index is 148. The minimum atomic E-state index is -0.840. The first-order valence-corrected chi connectivity index (χ1v) is 4.23. The van der Waals surface area contributed by atoms with Crippen molar-refractivity contribution in [2.75, 3.05) is 13.1 Å². The monoisotopic (exact) mass is 174 g/mol. The summed E-state index contributed by atoms with van der Waals surface area (Å²) < 4.78 is 0. The van der Waals surface area contributed by atoms with Gasteiger partial charge in [0.25, 0.3) is 0 Å². The molecule has 0 aliphatic heterocycles. The molecule has 0 amide bonds. The van der Waals surface area contributed by atoms with Crippen molar-refractivity contribution in [1.29, 1.82) is 0 Å². The van der Waals surface area contributed by atoms with Gasteiger partial charge in [-0.15, -0.1) is 0 Å². The highest BCUT2D eigenvalue weighted by molar-refractivity contribution is 5.73. The van der Waals surface area contributed by atoms with Crippen molar-refractivity contribution >= 4 is 5.97 Å². The Morgan fingerprint density at radius 3 is 2.17 bits per heavy atom. The van der Waals surface area contributed by atoms with Crippen LogP contribution in [0.5, 0.6) is 0 Å². The number of rotatable bonds is 5. The third-order valence-electron chi connectivity index (χ3n) is 1.94. The maximum atomic E-state index is 10.7. The van der Waals surface area contributed by atoms with E-state index in [0.717, 1.165) is 0 Å². The molecule has 12 heavy (non-hydrogen) atoms. The SMILES string of the molecule is CCN(C(C)C)C(CN)C(=O)O. The van der Waals surface area contributed by atoms with Crippen LogP contribution >= 0.6 is 0 Å². The van der Waals surface area contributed by atoms with Crippen LogP contribution < -0.4 is 5.73 Å². The van der Waals surface area contributed by atoms with Crippen molar-refractivity contribution in [2.24, 2.45) is 5.73 Å². The molecule has 1 atom stereocenters. The van der Waals surface area contributed by atoms with Gasteiger partial charge in [-0.3, -0.25) is 9.69 Å². The quantitative estimate of drug-likeness (QED) is 0.621. The normalized spacial score (nSPS) is 13.8. The summed E-state index contributed by atoms with van der Waals surface area (Å²) in [6.45, 7) is 6.75. The maximum Gasteiger partial charge on any atom is 0.322 e. The first-order valence-electron chi connectivity index (χ1n) is 4.23. The molecule has 0 aliphatic carbocycles. The fourth-order valence-electron chi connectivity index (χ4n) is 1.32. The lowest BCUT2D eigenvalue weighted by Gasteiger charge is -2.30. The van der Waals surface area contributed by atoms with E-state index in [4.69, 9.17) is 10.8 Å². The van der Waals surface area contributed by atoms with Crippen molar-refractivity contribution < 1.29 is 9.90 Å². The van der Waals surface area contributed by atoms with Gasteiger partial charge in [-0.2, -0.15) is 0 Å². The molecule has 0 rings (SSSR count). The summed E-state index contributed by atoms with van der Waals surface area (Å²) in [5, 5.41) is 8.80. The average molecular weight is 174 g/mol. The topological polar surface area (TPSA) is 66.6 Å². The van der Waals surface area contributed by atoms with Gasteiger partial charge in [0.15, 0.2) is 0 Å². The third-order valence-corrected chi connectivity index (χ3v) is 1.94. The fraction of sp³-hybridized carbons (Fsp3) is 0.875. The first kappa shape index (κ1) is 11.4. The van der Waals surface area contributed by atoms with E-state index in [2.05, 4.69) is 0 Å². The number of carboxylic acids is 1. The molecular formula is C8H18N2O2. The van der Waals surface area contributed by atoms with E-state index in [0.29, 0.717) is 6.54 Å². The van der Waals surface area contributed by atoms with Gasteiger partial charge in [0.05, 0.1) is 0 Å². The Morgan fingerprint density at radius 1 is 1.58 bits per heavy atom. The standard InChI is InChI=1S/C8H18N2O2/c1-4-10(6(2)3)7(5-9)8(11)12/h6-7H,4-5,9H2,1-3H3,(H,11,12). The predicted molar refractivity (Wildman–Crippen MR) is 48.0 cm³/mol. The number of likely N-dealkylation sites (N-methyl/N-ethyl adjacent to an activating group) is 1. The van der Waals surface area contributed by atoms with E-state index in [9.17, 15) is 4.79 Å². The lowest BCUT2D eigenvalue weighted by atomic mass is 10.2. The van der Waals surface area contributed by atoms with Gasteiger partial charge in [0.1, 0.15) is 6.04 Å². The van der Waals surface area contributed by atoms with E-state index in [-0.39, 0.29) is 12.6 Å². The smallest absolute Gasteiger partial charge is 0.322 e. The summed E-state index contributed by atoms with van der Waals surface area (Å²) >= 11 is 0. The molecule has 0 aromatic rings. The van der Waals surface area contributed by atoms with Crippen LogP contribution in [0, 0.1) is 0 Å². The van der Waals surface area contributed by atoms with Crippen LogP contribution in [-0.2, 0) is 4.79 Å². The van der Waals surface area contributed by atoms with E-state index >= 15 is 0 Å². The molecule has 4 heteroatoms. The highest BCUT2D eigenvalue weighted by atomic mass is 16.4. The van der Waals surface area contributed by atoms with Crippen LogP contribution in [0.4, 0.5) is 0 Å². The summed E-state index contributed by atoms with van der Waals surface area (Å²) in [6.07, 6.45) is 0. The zero-order valence-corrected chi connectivity index (χ0v) is 7.95. The minimum absolute atomic E-state index is 0.168. The van der Waals surface area contributed by atoms with E-state index in [1.54, 1.807) is 0 Å². The number of nitrogens with two attached hydrogens (primary N) is 1. The molecule has 0 fully saturated rings. The van der Waals surface area contributed by atoms with Crippen LogP contribution in [-0.4, -0.2) is 41.1 Å². The van der Waals surface area contributed by atoms with Gasteiger partial charge in [-0.25, -0.2) is 0 Å². The first-order chi connectivity index (χ1) is 5.54. The van der Waals surface area contributed by atoms with Crippen LogP contribution in [0.3, 0.4) is 0 Å². The van der Waals surface area contributed by atoms with Crippen LogP contribution in [0.25, 0.3) is 0 Å². The molecule has 4 nitrogen and oxygen atoms in total. The molecule has 3 N–H and O–H groups in total. The number of aliphatic carboxylic acids is 1. The van der Waals surface area contributed by atoms with Gasteiger partial charge in [0, 0.05) is 12.6 Å². The van der Waals surface area contributed by atoms with Crippen LogP contribution in [0.1, 0.15) is 20.8 Å². The summed E-state index contributed by atoms with van der Waals surface area (Å²) in [5.41, 5.74) is 5.37. The molecule has 0 bridgehead atoms. The van der Waals surface area contributed by atoms with Crippen LogP contribution in [0.15, 0.2) is 0 Å². The van der Waals surface area contributed by atoms with Crippen molar-refractivity contribution in [2.45, 2.75) is 32.9 Å². The van der Waals surface area contributed by atoms with E-state index in [1.807, 2.05) is 25.7 Å². The van der Waals surface area contributed by atoms with Crippen LogP contribution in [0.2, 0.25) is 0 Å². The Kier molecular flexibility index (Phi) is 4.85. The Balaban J connectivity index is 4.33. The zero-order chi connectivity index (χ0) is 9.72. The lowest BCUT2D eigenvalue weighted by molar-refractivity contribution is -0.143. The largest absolute Gasteiger partial charge is 0.480 e. The fourth-order valence-corrected chi connectivity index (χ4v) is 1.32. The van der Waals surface area contributed by atoms with E-state index in [1.165, 1.54) is 0 Å². The van der Waals surface area contributed by atoms with Crippen molar-refractivity contribution in [1.82, 2.24) is 4.90 Å². The number of carbonyl (C=O) groups is 1. The molecule has 1 unspecified atom stereocenters. The number of carboxylic acid groups (broad SMARTS) is 1. The summed E-state index contributed by atoms with van der Waals surface area (Å²) in [7, 11) is 0. The molecule has 0 aromatic heterocycles. The Labute approximate surface area is 73.3 Å². The van der Waals surface area contributed by atoms with E-state index < -0.39 is 12.0 Å². The lowest BCUT2D eigenvalue weighted by Crippen LogP contribution is -2.49. The molecule has 0 aromatic carbocycles. The Morgan fingerprint density at radius 2 is 2.08 bits per heavy atom. The molecule has 0 heterocycles. The van der Waals surface area contributed by atoms with Gasteiger partial charge in [0.2, 0.25) is 0 Å². The maximum absolute atomic E-state index is 10.7. The van der Waals surface area contributed by atoms with Crippen molar-refractivity contribution in [3.05, 3.63) is 0 Å². The summed E-state index contributed by atoms with van der Waals surface area (Å²) in [6, 6.07) is -0.324. The van der Waals surface area contributed by atoms with Gasteiger partial charge in [-0.1, -0.05) is 6.92 Å². The van der Waals surface area contributed by atoms with Gasteiger partial charge in [-0.05, 0) is 20.4 Å². The highest BCUT2D eigenvalue weighted by Gasteiger charge is 2.24. The molecule has 0 saturated carbocycles. The molecule has 0 spiro atoms. The number of hydrogen-bond acceptors (Lipinski definition) is 3. The molecule has 0 saturated heterocycles. The minimum Gasteiger partial charge on any atom is -0.480 e. The highest BCUT2D eigenvalue weighted by Crippen LogP contribution is 2.04. The molecule has 0 radical (unpaired) electrons. The second-order valence-corrected chi connectivity index (χ2v) is 3.01. The zero-order valence-electron chi connectivity index (χ0n) is 7.95.